The Bertz CT molecular complexity index is 513. The van der Waals surface area contributed by atoms with E-state index in [9.17, 15) is 4.39 Å². The van der Waals surface area contributed by atoms with Crippen LogP contribution in [0, 0.1) is 5.82 Å². The Hall–Kier alpha value is -1.46. The fourth-order valence-electron chi connectivity index (χ4n) is 1.49. The van der Waals surface area contributed by atoms with Gasteiger partial charge in [-0.3, -0.25) is 0 Å². The summed E-state index contributed by atoms with van der Waals surface area (Å²) in [5.74, 6) is 0.202. The van der Waals surface area contributed by atoms with E-state index in [-0.39, 0.29) is 5.82 Å². The monoisotopic (exact) mass is 252 g/mol. The molecule has 17 heavy (non-hydrogen) atoms. The van der Waals surface area contributed by atoms with Gasteiger partial charge >= 0.3 is 0 Å². The van der Waals surface area contributed by atoms with E-state index in [0.29, 0.717) is 22.9 Å². The second-order valence-corrected chi connectivity index (χ2v) is 4.38. The molecule has 1 heterocycles. The molecule has 0 aliphatic carbocycles. The number of methoxy groups -OCH3 is 1. The third-order valence-corrected chi connectivity index (χ3v) is 3.24. The third-order valence-electron chi connectivity index (χ3n) is 2.32. The third kappa shape index (κ3) is 2.62. The van der Waals surface area contributed by atoms with Crippen LogP contribution >= 0.6 is 11.3 Å². The lowest BCUT2D eigenvalue weighted by atomic mass is 10.2. The first-order valence-electron chi connectivity index (χ1n) is 5.17. The van der Waals surface area contributed by atoms with Crippen molar-refractivity contribution in [2.75, 3.05) is 14.2 Å². The molecule has 2 aromatic rings. The minimum atomic E-state index is -0.310. The molecule has 0 atom stereocenters. The molecule has 1 aromatic heterocycles. The minimum Gasteiger partial charge on any atom is -0.497 e. The molecular weight excluding hydrogens is 239 g/mol. The van der Waals surface area contributed by atoms with Gasteiger partial charge in [0.25, 0.3) is 0 Å². The maximum absolute atomic E-state index is 13.8. The van der Waals surface area contributed by atoms with E-state index in [2.05, 4.69) is 10.3 Å². The van der Waals surface area contributed by atoms with Crippen LogP contribution in [-0.2, 0) is 6.54 Å². The molecule has 0 saturated heterocycles. The lowest BCUT2D eigenvalue weighted by molar-refractivity contribution is 0.411. The molecule has 0 unspecified atom stereocenters. The topological polar surface area (TPSA) is 34.1 Å². The molecule has 3 nitrogen and oxygen atoms in total. The predicted molar refractivity (Wildman–Crippen MR) is 66.8 cm³/mol. The second-order valence-electron chi connectivity index (χ2n) is 3.52. The first kappa shape index (κ1) is 12.0. The van der Waals surface area contributed by atoms with E-state index in [1.807, 2.05) is 12.4 Å². The molecule has 1 aromatic carbocycles. The number of benzene rings is 1. The summed E-state index contributed by atoms with van der Waals surface area (Å²) in [5.41, 5.74) is 1.43. The summed E-state index contributed by atoms with van der Waals surface area (Å²) in [6, 6.07) is 4.79. The second kappa shape index (κ2) is 5.25. The Morgan fingerprint density at radius 1 is 1.47 bits per heavy atom. The van der Waals surface area contributed by atoms with Crippen LogP contribution in [0.5, 0.6) is 5.75 Å². The van der Waals surface area contributed by atoms with Gasteiger partial charge in [-0.2, -0.15) is 0 Å². The van der Waals surface area contributed by atoms with Crippen LogP contribution in [0.25, 0.3) is 10.6 Å². The zero-order valence-corrected chi connectivity index (χ0v) is 10.5. The van der Waals surface area contributed by atoms with Gasteiger partial charge in [-0.1, -0.05) is 0 Å². The van der Waals surface area contributed by atoms with Gasteiger partial charge in [-0.15, -0.1) is 11.3 Å². The Morgan fingerprint density at radius 2 is 2.29 bits per heavy atom. The Labute approximate surface area is 103 Å². The van der Waals surface area contributed by atoms with Crippen molar-refractivity contribution < 1.29 is 9.13 Å². The summed E-state index contributed by atoms with van der Waals surface area (Å²) in [7, 11) is 3.37. The van der Waals surface area contributed by atoms with Crippen molar-refractivity contribution in [2.24, 2.45) is 0 Å². The average Bonchev–Trinajstić information content (AvgIpc) is 2.78. The van der Waals surface area contributed by atoms with E-state index in [1.54, 1.807) is 12.1 Å². The van der Waals surface area contributed by atoms with Gasteiger partial charge in [0.15, 0.2) is 0 Å². The molecule has 1 N–H and O–H groups in total. The van der Waals surface area contributed by atoms with Crippen LogP contribution in [0.3, 0.4) is 0 Å². The molecule has 0 fully saturated rings. The number of nitrogens with one attached hydrogen (secondary N) is 1. The molecule has 0 amide bonds. The molecule has 5 heteroatoms. The Morgan fingerprint density at radius 3 is 2.94 bits per heavy atom. The smallest absolute Gasteiger partial charge is 0.137 e. The summed E-state index contributed by atoms with van der Waals surface area (Å²) < 4.78 is 18.8. The summed E-state index contributed by atoms with van der Waals surface area (Å²) in [4.78, 5) is 4.36. The molecule has 0 radical (unpaired) electrons. The van der Waals surface area contributed by atoms with Crippen molar-refractivity contribution in [3.8, 4) is 16.3 Å². The van der Waals surface area contributed by atoms with Crippen molar-refractivity contribution in [1.29, 1.82) is 0 Å². The van der Waals surface area contributed by atoms with Crippen molar-refractivity contribution in [1.82, 2.24) is 10.3 Å². The predicted octanol–water partition coefficient (Wildman–Crippen LogP) is 2.68. The lowest BCUT2D eigenvalue weighted by Crippen LogP contribution is -2.04. The quantitative estimate of drug-likeness (QED) is 0.908. The first-order valence-corrected chi connectivity index (χ1v) is 6.05. The molecule has 0 aliphatic heterocycles. The van der Waals surface area contributed by atoms with Crippen molar-refractivity contribution in [3.63, 3.8) is 0 Å². The van der Waals surface area contributed by atoms with Crippen molar-refractivity contribution >= 4 is 11.3 Å². The van der Waals surface area contributed by atoms with Crippen LogP contribution in [0.2, 0.25) is 0 Å². The van der Waals surface area contributed by atoms with Gasteiger partial charge in [-0.25, -0.2) is 9.37 Å². The van der Waals surface area contributed by atoms with E-state index in [4.69, 9.17) is 4.74 Å². The van der Waals surface area contributed by atoms with Gasteiger partial charge in [-0.05, 0) is 19.2 Å². The van der Waals surface area contributed by atoms with E-state index in [1.165, 1.54) is 24.5 Å². The number of ether oxygens (including phenoxy) is 1. The van der Waals surface area contributed by atoms with Crippen LogP contribution in [0.4, 0.5) is 4.39 Å². The number of nitrogens with zero attached hydrogens (tertiary/aromatic N) is 1. The van der Waals surface area contributed by atoms with Gasteiger partial charge < -0.3 is 10.1 Å². The van der Waals surface area contributed by atoms with Crippen molar-refractivity contribution in [2.45, 2.75) is 6.54 Å². The molecule has 90 valence electrons. The SMILES string of the molecule is CNCc1csc(-c2ccc(OC)cc2F)n1. The van der Waals surface area contributed by atoms with Crippen molar-refractivity contribution in [3.05, 3.63) is 35.1 Å². The van der Waals surface area contributed by atoms with Gasteiger partial charge in [0.05, 0.1) is 12.8 Å². The summed E-state index contributed by atoms with van der Waals surface area (Å²) in [5, 5.41) is 5.63. The Kier molecular flexibility index (Phi) is 3.71. The van der Waals surface area contributed by atoms with E-state index in [0.717, 1.165) is 5.69 Å². The highest BCUT2D eigenvalue weighted by Gasteiger charge is 2.10. The number of hydrogen-bond acceptors (Lipinski definition) is 4. The highest BCUT2D eigenvalue weighted by molar-refractivity contribution is 7.13. The molecular formula is C12H13FN2OS. The number of thiazole rings is 1. The van der Waals surface area contributed by atoms with Gasteiger partial charge in [0, 0.05) is 23.6 Å². The van der Waals surface area contributed by atoms with Crippen LogP contribution < -0.4 is 10.1 Å². The number of rotatable bonds is 4. The standard InChI is InChI=1S/C12H13FN2OS/c1-14-6-8-7-17-12(15-8)10-4-3-9(16-2)5-11(10)13/h3-5,7,14H,6H2,1-2H3. The fraction of sp³-hybridized carbons (Fsp3) is 0.250. The van der Waals surface area contributed by atoms with Crippen LogP contribution in [0.15, 0.2) is 23.6 Å². The lowest BCUT2D eigenvalue weighted by Gasteiger charge is -2.02. The van der Waals surface area contributed by atoms with Gasteiger partial charge in [0.2, 0.25) is 0 Å². The Balaban J connectivity index is 2.32. The van der Waals surface area contributed by atoms with Crippen LogP contribution in [-0.4, -0.2) is 19.1 Å². The zero-order valence-electron chi connectivity index (χ0n) is 9.66. The molecule has 0 bridgehead atoms. The minimum absolute atomic E-state index is 0.310. The average molecular weight is 252 g/mol. The largest absolute Gasteiger partial charge is 0.497 e. The molecule has 0 aliphatic rings. The van der Waals surface area contributed by atoms with E-state index >= 15 is 0 Å². The summed E-state index contributed by atoms with van der Waals surface area (Å²) in [6.07, 6.45) is 0. The number of hydrogen-bond donors (Lipinski definition) is 1. The van der Waals surface area contributed by atoms with E-state index < -0.39 is 0 Å². The highest BCUT2D eigenvalue weighted by Crippen LogP contribution is 2.28. The summed E-state index contributed by atoms with van der Waals surface area (Å²) >= 11 is 1.44. The number of halogens is 1. The summed E-state index contributed by atoms with van der Waals surface area (Å²) in [6.45, 7) is 0.689. The number of aromatic nitrogens is 1. The van der Waals surface area contributed by atoms with Gasteiger partial charge in [0.1, 0.15) is 16.6 Å². The zero-order chi connectivity index (χ0) is 12.3. The normalized spacial score (nSPS) is 10.5. The molecule has 0 spiro atoms. The highest BCUT2D eigenvalue weighted by atomic mass is 32.1. The maximum atomic E-state index is 13.8. The first-order chi connectivity index (χ1) is 8.24. The van der Waals surface area contributed by atoms with Crippen LogP contribution in [0.1, 0.15) is 5.69 Å². The fourth-order valence-corrected chi connectivity index (χ4v) is 2.34. The molecule has 0 saturated carbocycles. The molecule has 2 rings (SSSR count). The maximum Gasteiger partial charge on any atom is 0.137 e.